The topological polar surface area (TPSA) is 93.9 Å². The predicted molar refractivity (Wildman–Crippen MR) is 144 cm³/mol. The van der Waals surface area contributed by atoms with Crippen LogP contribution in [0, 0.1) is 13.8 Å². The Labute approximate surface area is 220 Å². The zero-order valence-corrected chi connectivity index (χ0v) is 21.1. The lowest BCUT2D eigenvalue weighted by molar-refractivity contribution is -0.121. The van der Waals surface area contributed by atoms with Crippen molar-refractivity contribution in [1.29, 1.82) is 0 Å². The summed E-state index contributed by atoms with van der Waals surface area (Å²) >= 11 is 0. The number of fused-ring (bicyclic) bond motifs is 1. The molecule has 2 amide bonds. The number of carbonyl (C=O) groups excluding carboxylic acids is 2. The van der Waals surface area contributed by atoms with Gasteiger partial charge in [-0.1, -0.05) is 47.6 Å². The number of amides is 2. The zero-order valence-electron chi connectivity index (χ0n) is 21.1. The van der Waals surface area contributed by atoms with Crippen LogP contribution < -0.4 is 19.7 Å². The highest BCUT2D eigenvalue weighted by atomic mass is 16.5. The number of rotatable bonds is 8. The van der Waals surface area contributed by atoms with Crippen LogP contribution in [0.2, 0.25) is 0 Å². The summed E-state index contributed by atoms with van der Waals surface area (Å²) in [5, 5.41) is 6.83. The molecule has 8 nitrogen and oxygen atoms in total. The Morgan fingerprint density at radius 1 is 1.08 bits per heavy atom. The Morgan fingerprint density at radius 2 is 1.87 bits per heavy atom. The van der Waals surface area contributed by atoms with Crippen molar-refractivity contribution in [2.24, 2.45) is 0 Å². The van der Waals surface area contributed by atoms with Crippen molar-refractivity contribution in [3.63, 3.8) is 0 Å². The third-order valence-electron chi connectivity index (χ3n) is 6.22. The molecule has 0 spiro atoms. The van der Waals surface area contributed by atoms with Crippen molar-refractivity contribution < 1.29 is 23.6 Å². The van der Waals surface area contributed by atoms with E-state index in [1.807, 2.05) is 68.4 Å². The molecule has 38 heavy (non-hydrogen) atoms. The molecule has 1 N–H and O–H groups in total. The van der Waals surface area contributed by atoms with Gasteiger partial charge in [0, 0.05) is 17.3 Å². The fourth-order valence-electron chi connectivity index (χ4n) is 4.11. The first-order valence-corrected chi connectivity index (χ1v) is 12.2. The van der Waals surface area contributed by atoms with E-state index in [0.717, 1.165) is 28.1 Å². The average molecular weight is 510 g/mol. The van der Waals surface area contributed by atoms with Gasteiger partial charge in [-0.15, -0.1) is 0 Å². The number of aromatic nitrogens is 1. The largest absolute Gasteiger partial charge is 0.489 e. The molecule has 2 heterocycles. The molecule has 8 heteroatoms. The Morgan fingerprint density at radius 3 is 2.61 bits per heavy atom. The molecule has 0 fully saturated rings. The molecule has 0 bridgehead atoms. The molecule has 3 aromatic carbocycles. The van der Waals surface area contributed by atoms with Crippen LogP contribution in [-0.4, -0.2) is 23.6 Å². The maximum Gasteiger partial charge on any atom is 0.265 e. The first-order valence-electron chi connectivity index (χ1n) is 12.2. The van der Waals surface area contributed by atoms with Crippen molar-refractivity contribution in [3.05, 3.63) is 107 Å². The zero-order chi connectivity index (χ0) is 26.5. The number of hydrogen-bond donors (Lipinski definition) is 1. The Balaban J connectivity index is 1.22. The van der Waals surface area contributed by atoms with E-state index in [1.54, 1.807) is 29.2 Å². The lowest BCUT2D eigenvalue weighted by Gasteiger charge is -2.29. The third kappa shape index (κ3) is 5.75. The number of nitrogens with one attached hydrogen (secondary N) is 1. The summed E-state index contributed by atoms with van der Waals surface area (Å²) in [5.74, 6) is 1.50. The van der Waals surface area contributed by atoms with Gasteiger partial charge in [-0.25, -0.2) is 0 Å². The molecule has 4 aromatic rings. The SMILES string of the molecule is Cc1noc(C)c1CN1C(=O)COc2ccc(NC(=O)/C=C/c3ccc(OCc4ccccc4)cc3)cc21. The molecule has 1 aliphatic rings. The second-order valence-electron chi connectivity index (χ2n) is 8.92. The number of ether oxygens (including phenoxy) is 2. The number of benzene rings is 3. The summed E-state index contributed by atoms with van der Waals surface area (Å²) < 4.78 is 16.7. The van der Waals surface area contributed by atoms with Crippen LogP contribution in [0.1, 0.15) is 28.1 Å². The second-order valence-corrected chi connectivity index (χ2v) is 8.92. The molecule has 0 unspecified atom stereocenters. The summed E-state index contributed by atoms with van der Waals surface area (Å²) in [6, 6.07) is 22.7. The van der Waals surface area contributed by atoms with E-state index < -0.39 is 0 Å². The first-order chi connectivity index (χ1) is 18.5. The molecular formula is C30H27N3O5. The Kier molecular flexibility index (Phi) is 7.21. The van der Waals surface area contributed by atoms with Gasteiger partial charge in [0.15, 0.2) is 6.61 Å². The third-order valence-corrected chi connectivity index (χ3v) is 6.22. The lowest BCUT2D eigenvalue weighted by atomic mass is 10.1. The molecule has 0 saturated carbocycles. The molecule has 0 radical (unpaired) electrons. The van der Waals surface area contributed by atoms with Crippen molar-refractivity contribution in [2.75, 3.05) is 16.8 Å². The summed E-state index contributed by atoms with van der Waals surface area (Å²) in [5.41, 5.74) is 4.66. The van der Waals surface area contributed by atoms with Crippen molar-refractivity contribution >= 4 is 29.3 Å². The Hall–Kier alpha value is -4.85. The molecule has 192 valence electrons. The van der Waals surface area contributed by atoms with E-state index in [2.05, 4.69) is 10.5 Å². The number of hydrogen-bond acceptors (Lipinski definition) is 6. The van der Waals surface area contributed by atoms with Gasteiger partial charge in [0.25, 0.3) is 5.91 Å². The standard InChI is InChI=1S/C30H27N3O5/c1-20-26(21(2)38-32-20)17-33-27-16-24(11-14-28(27)37-19-30(33)35)31-29(34)15-10-22-8-12-25(13-9-22)36-18-23-6-4-3-5-7-23/h3-16H,17-19H2,1-2H3,(H,31,34)/b15-10+. The number of nitrogens with zero attached hydrogens (tertiary/aromatic N) is 2. The molecule has 1 aromatic heterocycles. The van der Waals surface area contributed by atoms with Gasteiger partial charge in [-0.3, -0.25) is 9.59 Å². The maximum atomic E-state index is 12.7. The molecular weight excluding hydrogens is 482 g/mol. The van der Waals surface area contributed by atoms with Crippen molar-refractivity contribution in [2.45, 2.75) is 27.0 Å². The second kappa shape index (κ2) is 11.0. The minimum absolute atomic E-state index is 0.0547. The van der Waals surface area contributed by atoms with Crippen molar-refractivity contribution in [1.82, 2.24) is 5.16 Å². The molecule has 0 aliphatic carbocycles. The fraction of sp³-hybridized carbons (Fsp3) is 0.167. The van der Waals surface area contributed by atoms with E-state index in [-0.39, 0.29) is 18.4 Å². The minimum Gasteiger partial charge on any atom is -0.489 e. The van der Waals surface area contributed by atoms with E-state index in [4.69, 9.17) is 14.0 Å². The smallest absolute Gasteiger partial charge is 0.265 e. The molecule has 0 atom stereocenters. The van der Waals surface area contributed by atoms with Crippen LogP contribution in [0.25, 0.3) is 6.08 Å². The van der Waals surface area contributed by atoms with Crippen LogP contribution >= 0.6 is 0 Å². The van der Waals surface area contributed by atoms with Crippen LogP contribution in [0.5, 0.6) is 11.5 Å². The van der Waals surface area contributed by atoms with Crippen molar-refractivity contribution in [3.8, 4) is 11.5 Å². The lowest BCUT2D eigenvalue weighted by Crippen LogP contribution is -2.38. The highest BCUT2D eigenvalue weighted by Gasteiger charge is 2.28. The highest BCUT2D eigenvalue weighted by Crippen LogP contribution is 2.36. The van der Waals surface area contributed by atoms with Gasteiger partial charge in [0.2, 0.25) is 5.91 Å². The number of aryl methyl sites for hydroxylation is 2. The molecule has 1 aliphatic heterocycles. The van der Waals surface area contributed by atoms with E-state index in [1.165, 1.54) is 6.08 Å². The first kappa shape index (κ1) is 24.8. The van der Waals surface area contributed by atoms with Crippen LogP contribution in [0.15, 0.2) is 83.4 Å². The highest BCUT2D eigenvalue weighted by molar-refractivity contribution is 6.03. The van der Waals surface area contributed by atoms with Gasteiger partial charge < -0.3 is 24.2 Å². The average Bonchev–Trinajstić information content (AvgIpc) is 3.25. The summed E-state index contributed by atoms with van der Waals surface area (Å²) in [7, 11) is 0. The van der Waals surface area contributed by atoms with Crippen LogP contribution in [0.4, 0.5) is 11.4 Å². The van der Waals surface area contributed by atoms with Gasteiger partial charge in [0.05, 0.1) is 17.9 Å². The number of carbonyl (C=O) groups is 2. The minimum atomic E-state index is -0.297. The van der Waals surface area contributed by atoms with Crippen LogP contribution in [-0.2, 0) is 22.7 Å². The maximum absolute atomic E-state index is 12.7. The number of anilines is 2. The van der Waals surface area contributed by atoms with Gasteiger partial charge >= 0.3 is 0 Å². The van der Waals surface area contributed by atoms with Gasteiger partial charge in [0.1, 0.15) is 23.9 Å². The van der Waals surface area contributed by atoms with E-state index in [0.29, 0.717) is 36.0 Å². The van der Waals surface area contributed by atoms with Gasteiger partial charge in [-0.05, 0) is 61.4 Å². The molecule has 0 saturated heterocycles. The fourth-order valence-corrected chi connectivity index (χ4v) is 4.11. The normalized spacial score (nSPS) is 12.8. The van der Waals surface area contributed by atoms with Crippen LogP contribution in [0.3, 0.4) is 0 Å². The van der Waals surface area contributed by atoms with Gasteiger partial charge in [-0.2, -0.15) is 0 Å². The summed E-state index contributed by atoms with van der Waals surface area (Å²) in [6.45, 7) is 4.40. The predicted octanol–water partition coefficient (Wildman–Crippen LogP) is 5.45. The van der Waals surface area contributed by atoms with E-state index in [9.17, 15) is 9.59 Å². The van der Waals surface area contributed by atoms with E-state index >= 15 is 0 Å². The quantitative estimate of drug-likeness (QED) is 0.318. The monoisotopic (exact) mass is 509 g/mol. The molecule has 5 rings (SSSR count). The summed E-state index contributed by atoms with van der Waals surface area (Å²) in [4.78, 5) is 26.9. The Bertz CT molecular complexity index is 1460. The summed E-state index contributed by atoms with van der Waals surface area (Å²) in [6.07, 6.45) is 3.19.